The number of aromatic nitrogens is 1. The van der Waals surface area contributed by atoms with Crippen molar-refractivity contribution < 1.29 is 5.11 Å². The minimum Gasteiger partial charge on any atom is -0.392 e. The highest BCUT2D eigenvalue weighted by Crippen LogP contribution is 2.16. The molecule has 0 bridgehead atoms. The molecule has 1 rings (SSSR count). The molecule has 1 aromatic heterocycles. The second kappa shape index (κ2) is 7.28. The van der Waals surface area contributed by atoms with E-state index < -0.39 is 0 Å². The number of aliphatic hydroxyl groups is 1. The highest BCUT2D eigenvalue weighted by Gasteiger charge is 2.08. The van der Waals surface area contributed by atoms with E-state index in [1.165, 1.54) is 0 Å². The van der Waals surface area contributed by atoms with Crippen LogP contribution in [-0.2, 0) is 13.0 Å². The van der Waals surface area contributed by atoms with Gasteiger partial charge in [0, 0.05) is 18.8 Å². The molecule has 0 aliphatic carbocycles. The summed E-state index contributed by atoms with van der Waals surface area (Å²) >= 11 is 0. The zero-order valence-electron chi connectivity index (χ0n) is 11.2. The van der Waals surface area contributed by atoms with Crippen molar-refractivity contribution in [2.45, 2.75) is 46.6 Å². The third-order valence-corrected chi connectivity index (χ3v) is 2.78. The molecule has 0 atom stereocenters. The average molecular weight is 236 g/mol. The van der Waals surface area contributed by atoms with Crippen LogP contribution in [0.1, 0.15) is 44.9 Å². The van der Waals surface area contributed by atoms with Gasteiger partial charge in [-0.05, 0) is 37.0 Å². The number of hydrogen-bond acceptors (Lipinski definition) is 3. The number of rotatable bonds is 7. The monoisotopic (exact) mass is 236 g/mol. The average Bonchev–Trinajstić information content (AvgIpc) is 2.37. The number of hydrogen-bond donors (Lipinski definition) is 1. The quantitative estimate of drug-likeness (QED) is 0.791. The van der Waals surface area contributed by atoms with Crippen LogP contribution in [0.3, 0.4) is 0 Å². The molecule has 1 aromatic rings. The molecule has 0 aromatic carbocycles. The van der Waals surface area contributed by atoms with Gasteiger partial charge in [-0.25, -0.2) is 4.98 Å². The molecule has 0 aliphatic rings. The lowest BCUT2D eigenvalue weighted by atomic mass is 10.2. The Hall–Kier alpha value is -1.09. The predicted molar refractivity (Wildman–Crippen MR) is 72.3 cm³/mol. The fourth-order valence-corrected chi connectivity index (χ4v) is 1.95. The lowest BCUT2D eigenvalue weighted by molar-refractivity contribution is 0.281. The van der Waals surface area contributed by atoms with Gasteiger partial charge >= 0.3 is 0 Å². The van der Waals surface area contributed by atoms with Gasteiger partial charge in [-0.15, -0.1) is 0 Å². The molecule has 17 heavy (non-hydrogen) atoms. The largest absolute Gasteiger partial charge is 0.392 e. The Bertz CT molecular complexity index is 311. The maximum absolute atomic E-state index is 9.28. The summed E-state index contributed by atoms with van der Waals surface area (Å²) in [6.45, 7) is 8.60. The lowest BCUT2D eigenvalue weighted by Gasteiger charge is -2.23. The highest BCUT2D eigenvalue weighted by molar-refractivity contribution is 5.42. The molecule has 0 saturated heterocycles. The van der Waals surface area contributed by atoms with Crippen molar-refractivity contribution in [1.82, 2.24) is 4.98 Å². The summed E-state index contributed by atoms with van der Waals surface area (Å²) in [7, 11) is 0. The summed E-state index contributed by atoms with van der Waals surface area (Å²) in [6.07, 6.45) is 3.14. The number of anilines is 1. The molecule has 3 heteroatoms. The number of aryl methyl sites for hydroxylation is 1. The van der Waals surface area contributed by atoms with Gasteiger partial charge in [-0.1, -0.05) is 20.8 Å². The van der Waals surface area contributed by atoms with E-state index in [9.17, 15) is 5.11 Å². The Morgan fingerprint density at radius 3 is 2.24 bits per heavy atom. The standard InChI is InChI=1S/C14H24N2O/c1-4-7-16(8-5-2)14-10-12(11-17)9-13(6-3)15-14/h9-10,17H,4-8,11H2,1-3H3. The van der Waals surface area contributed by atoms with Crippen LogP contribution in [0.25, 0.3) is 0 Å². The van der Waals surface area contributed by atoms with Gasteiger partial charge in [0.1, 0.15) is 5.82 Å². The Balaban J connectivity index is 2.99. The Labute approximate surface area is 104 Å². The molecule has 0 spiro atoms. The molecule has 1 heterocycles. The van der Waals surface area contributed by atoms with Crippen LogP contribution in [-0.4, -0.2) is 23.2 Å². The van der Waals surface area contributed by atoms with E-state index in [1.54, 1.807) is 0 Å². The third kappa shape index (κ3) is 4.00. The molecular formula is C14H24N2O. The molecule has 1 N–H and O–H groups in total. The summed E-state index contributed by atoms with van der Waals surface area (Å²) in [5, 5.41) is 9.28. The van der Waals surface area contributed by atoms with Crippen LogP contribution in [0.15, 0.2) is 12.1 Å². The van der Waals surface area contributed by atoms with E-state index in [0.717, 1.165) is 49.4 Å². The van der Waals surface area contributed by atoms with Gasteiger partial charge in [-0.3, -0.25) is 0 Å². The lowest BCUT2D eigenvalue weighted by Crippen LogP contribution is -2.26. The summed E-state index contributed by atoms with van der Waals surface area (Å²) < 4.78 is 0. The first-order valence-electron chi connectivity index (χ1n) is 6.60. The molecular weight excluding hydrogens is 212 g/mol. The van der Waals surface area contributed by atoms with Gasteiger partial charge in [0.15, 0.2) is 0 Å². The second-order valence-corrected chi connectivity index (χ2v) is 4.32. The van der Waals surface area contributed by atoms with Gasteiger partial charge in [-0.2, -0.15) is 0 Å². The zero-order valence-corrected chi connectivity index (χ0v) is 11.2. The van der Waals surface area contributed by atoms with Gasteiger partial charge in [0.05, 0.1) is 6.61 Å². The molecule has 0 unspecified atom stereocenters. The van der Waals surface area contributed by atoms with Crippen LogP contribution < -0.4 is 4.90 Å². The summed E-state index contributed by atoms with van der Waals surface area (Å²) in [4.78, 5) is 6.96. The van der Waals surface area contributed by atoms with E-state index >= 15 is 0 Å². The topological polar surface area (TPSA) is 36.4 Å². The number of pyridine rings is 1. The van der Waals surface area contributed by atoms with Crippen molar-refractivity contribution in [2.75, 3.05) is 18.0 Å². The molecule has 3 nitrogen and oxygen atoms in total. The summed E-state index contributed by atoms with van der Waals surface area (Å²) in [5.41, 5.74) is 2.02. The first-order chi connectivity index (χ1) is 8.24. The zero-order chi connectivity index (χ0) is 12.7. The maximum Gasteiger partial charge on any atom is 0.129 e. The summed E-state index contributed by atoms with van der Waals surface area (Å²) in [6, 6.07) is 3.99. The van der Waals surface area contributed by atoms with E-state index in [1.807, 2.05) is 12.1 Å². The predicted octanol–water partition coefficient (Wildman–Crippen LogP) is 2.76. The van der Waals surface area contributed by atoms with Crippen LogP contribution in [0, 0.1) is 0 Å². The van der Waals surface area contributed by atoms with Crippen molar-refractivity contribution in [1.29, 1.82) is 0 Å². The highest BCUT2D eigenvalue weighted by atomic mass is 16.3. The maximum atomic E-state index is 9.28. The van der Waals surface area contributed by atoms with Crippen LogP contribution >= 0.6 is 0 Å². The molecule has 96 valence electrons. The second-order valence-electron chi connectivity index (χ2n) is 4.32. The first kappa shape index (κ1) is 14.0. The van der Waals surface area contributed by atoms with Crippen molar-refractivity contribution in [3.8, 4) is 0 Å². The van der Waals surface area contributed by atoms with Crippen LogP contribution in [0.2, 0.25) is 0 Å². The van der Waals surface area contributed by atoms with E-state index in [4.69, 9.17) is 0 Å². The summed E-state index contributed by atoms with van der Waals surface area (Å²) in [5.74, 6) is 1.01. The SMILES string of the molecule is CCCN(CCC)c1cc(CO)cc(CC)n1. The van der Waals surface area contributed by atoms with Crippen LogP contribution in [0.4, 0.5) is 5.82 Å². The third-order valence-electron chi connectivity index (χ3n) is 2.78. The molecule has 0 fully saturated rings. The van der Waals surface area contributed by atoms with Gasteiger partial charge in [0.25, 0.3) is 0 Å². The van der Waals surface area contributed by atoms with Crippen molar-refractivity contribution in [3.63, 3.8) is 0 Å². The number of nitrogens with zero attached hydrogens (tertiary/aromatic N) is 2. The van der Waals surface area contributed by atoms with Crippen molar-refractivity contribution in [3.05, 3.63) is 23.4 Å². The Morgan fingerprint density at radius 1 is 1.12 bits per heavy atom. The van der Waals surface area contributed by atoms with E-state index in [2.05, 4.69) is 30.7 Å². The first-order valence-corrected chi connectivity index (χ1v) is 6.60. The van der Waals surface area contributed by atoms with Gasteiger partial charge < -0.3 is 10.0 Å². The van der Waals surface area contributed by atoms with E-state index in [0.29, 0.717) is 0 Å². The fraction of sp³-hybridized carbons (Fsp3) is 0.643. The normalized spacial score (nSPS) is 10.6. The Morgan fingerprint density at radius 2 is 1.76 bits per heavy atom. The van der Waals surface area contributed by atoms with E-state index in [-0.39, 0.29) is 6.61 Å². The van der Waals surface area contributed by atoms with Crippen molar-refractivity contribution >= 4 is 5.82 Å². The molecule has 0 amide bonds. The molecule has 0 aliphatic heterocycles. The molecule has 0 radical (unpaired) electrons. The number of aliphatic hydroxyl groups excluding tert-OH is 1. The van der Waals surface area contributed by atoms with Gasteiger partial charge in [0.2, 0.25) is 0 Å². The smallest absolute Gasteiger partial charge is 0.129 e. The Kier molecular flexibility index (Phi) is 5.98. The molecule has 0 saturated carbocycles. The van der Waals surface area contributed by atoms with Crippen molar-refractivity contribution in [2.24, 2.45) is 0 Å². The fourth-order valence-electron chi connectivity index (χ4n) is 1.95. The minimum atomic E-state index is 0.0919. The van der Waals surface area contributed by atoms with Crippen LogP contribution in [0.5, 0.6) is 0 Å². The minimum absolute atomic E-state index is 0.0919.